The molecule has 2 atom stereocenters. The molecule has 54 heavy (non-hydrogen) atoms. The van der Waals surface area contributed by atoms with Crippen LogP contribution in [-0.4, -0.2) is 67.0 Å². The Kier molecular flexibility index (Phi) is 17.3. The molecule has 0 saturated heterocycles. The van der Waals surface area contributed by atoms with Crippen molar-refractivity contribution in [2.24, 2.45) is 11.5 Å². The molecule has 8 N–H and O–H groups in total. The van der Waals surface area contributed by atoms with Gasteiger partial charge in [0.25, 0.3) is 5.91 Å². The summed E-state index contributed by atoms with van der Waals surface area (Å²) in [5, 5.41) is 11.3. The molecule has 0 aliphatic carbocycles. The van der Waals surface area contributed by atoms with E-state index in [9.17, 15) is 14.4 Å². The van der Waals surface area contributed by atoms with Crippen molar-refractivity contribution in [1.82, 2.24) is 25.9 Å². The average molecular weight is 771 g/mol. The number of aryl methyl sites for hydroxylation is 1. The fraction of sp³-hybridized carbons (Fsp3) is 0.300. The van der Waals surface area contributed by atoms with Gasteiger partial charge in [-0.15, -0.1) is 0 Å². The molecule has 0 saturated carbocycles. The number of aromatic nitrogens is 1. The zero-order chi connectivity index (χ0) is 38.7. The summed E-state index contributed by atoms with van der Waals surface area (Å²) in [6, 6.07) is 23.2. The van der Waals surface area contributed by atoms with E-state index in [4.69, 9.17) is 27.8 Å². The second kappa shape index (κ2) is 22.3. The van der Waals surface area contributed by atoms with E-state index in [0.717, 1.165) is 27.9 Å². The summed E-state index contributed by atoms with van der Waals surface area (Å²) < 4.78 is 5.69. The third kappa shape index (κ3) is 12.9. The van der Waals surface area contributed by atoms with Gasteiger partial charge in [-0.2, -0.15) is 0 Å². The number of para-hydroxylation sites is 1. The molecule has 4 aromatic rings. The lowest BCUT2D eigenvalue weighted by molar-refractivity contribution is -0.134. The number of hydrazine groups is 1. The van der Waals surface area contributed by atoms with E-state index in [1.54, 1.807) is 19.3 Å². The molecule has 284 valence electrons. The first-order valence-electron chi connectivity index (χ1n) is 17.5. The molecule has 3 aromatic carbocycles. The van der Waals surface area contributed by atoms with Crippen molar-refractivity contribution in [2.75, 3.05) is 32.2 Å². The van der Waals surface area contributed by atoms with Crippen molar-refractivity contribution in [3.63, 3.8) is 0 Å². The largest absolute Gasteiger partial charge is 0.364 e. The van der Waals surface area contributed by atoms with Gasteiger partial charge in [0.2, 0.25) is 12.3 Å². The summed E-state index contributed by atoms with van der Waals surface area (Å²) in [5.74, 6) is 5.37. The number of rotatable bonds is 20. The number of nitrogens with zero attached hydrogens (tertiary/aromatic N) is 2. The molecule has 3 amide bonds. The third-order valence-corrected chi connectivity index (χ3v) is 9.89. The second-order valence-corrected chi connectivity index (χ2v) is 13.7. The number of anilines is 1. The average Bonchev–Trinajstić information content (AvgIpc) is 3.18. The summed E-state index contributed by atoms with van der Waals surface area (Å²) in [6.07, 6.45) is 3.31. The topological polar surface area (TPSA) is 177 Å². The minimum absolute atomic E-state index is 0.0914. The van der Waals surface area contributed by atoms with E-state index in [-0.39, 0.29) is 38.1 Å². The van der Waals surface area contributed by atoms with Crippen LogP contribution < -0.4 is 32.8 Å². The molecule has 0 aliphatic rings. The maximum atomic E-state index is 13.6. The Labute approximate surface area is 326 Å². The lowest BCUT2D eigenvalue weighted by Crippen LogP contribution is -2.56. The van der Waals surface area contributed by atoms with Gasteiger partial charge >= 0.3 is 0 Å². The standard InChI is InChI=1S/C40H47ClN8O4S/c1-28-11-6-7-16-34(28)48-49(2)40(52)36(23-43)47-38(51)35(17-8-18-42)46-25-31-15-9-19-45-39(31)54-37-32(24-44-27-50)21-30(22-33(37)41)14-10-20-53-26-29-12-4-3-5-13-29/h3-7,9,11-13,15-16,19,21-22,27,35-36,46,48H,8,17-18,20,23-26,42-43H2,1-2H3,(H,44,50)(H,47,51)/t35-,36-/m0/s1. The van der Waals surface area contributed by atoms with Crippen LogP contribution in [0, 0.1) is 18.8 Å². The van der Waals surface area contributed by atoms with Crippen LogP contribution in [0.15, 0.2) is 95.0 Å². The zero-order valence-corrected chi connectivity index (χ0v) is 32.0. The number of ether oxygens (including phenoxy) is 1. The van der Waals surface area contributed by atoms with Crippen molar-refractivity contribution < 1.29 is 19.1 Å². The van der Waals surface area contributed by atoms with Gasteiger partial charge in [0, 0.05) is 43.3 Å². The van der Waals surface area contributed by atoms with E-state index in [1.807, 2.05) is 79.7 Å². The molecule has 1 aromatic heterocycles. The van der Waals surface area contributed by atoms with Gasteiger partial charge in [0.15, 0.2) is 0 Å². The first-order valence-corrected chi connectivity index (χ1v) is 18.7. The Bertz CT molecular complexity index is 1910. The van der Waals surface area contributed by atoms with E-state index >= 15 is 0 Å². The van der Waals surface area contributed by atoms with Crippen LogP contribution in [0.1, 0.15) is 40.7 Å². The van der Waals surface area contributed by atoms with Gasteiger partial charge in [-0.05, 0) is 72.8 Å². The number of likely N-dealkylation sites (N-methyl/N-ethyl adjacent to an activating group) is 1. The lowest BCUT2D eigenvalue weighted by atomic mass is 10.1. The summed E-state index contributed by atoms with van der Waals surface area (Å²) in [5.41, 5.74) is 19.9. The first-order chi connectivity index (χ1) is 26.2. The Morgan fingerprint density at radius 3 is 2.54 bits per heavy atom. The fourth-order valence-electron chi connectivity index (χ4n) is 5.34. The van der Waals surface area contributed by atoms with Crippen LogP contribution in [0.4, 0.5) is 5.69 Å². The highest BCUT2D eigenvalue weighted by molar-refractivity contribution is 7.99. The van der Waals surface area contributed by atoms with Crippen LogP contribution >= 0.6 is 23.4 Å². The van der Waals surface area contributed by atoms with Gasteiger partial charge < -0.3 is 32.2 Å². The molecule has 14 heteroatoms. The molecular formula is C40H47ClN8O4S. The van der Waals surface area contributed by atoms with E-state index in [0.29, 0.717) is 52.9 Å². The maximum Gasteiger partial charge on any atom is 0.264 e. The number of carbonyl (C=O) groups excluding carboxylic acids is 3. The molecule has 0 aliphatic heterocycles. The number of hydrogen-bond donors (Lipinski definition) is 6. The molecule has 0 bridgehead atoms. The van der Waals surface area contributed by atoms with Crippen LogP contribution in [0.25, 0.3) is 0 Å². The van der Waals surface area contributed by atoms with Gasteiger partial charge in [0.1, 0.15) is 17.7 Å². The number of amides is 3. The number of pyridine rings is 1. The normalized spacial score (nSPS) is 11.8. The van der Waals surface area contributed by atoms with Crippen molar-refractivity contribution in [2.45, 2.75) is 61.5 Å². The molecule has 12 nitrogen and oxygen atoms in total. The molecule has 0 unspecified atom stereocenters. The Morgan fingerprint density at radius 1 is 1.02 bits per heavy atom. The number of benzene rings is 3. The Morgan fingerprint density at radius 2 is 1.80 bits per heavy atom. The minimum Gasteiger partial charge on any atom is -0.364 e. The predicted octanol–water partition coefficient (Wildman–Crippen LogP) is 4.14. The van der Waals surface area contributed by atoms with E-state index < -0.39 is 12.1 Å². The summed E-state index contributed by atoms with van der Waals surface area (Å²) >= 11 is 8.19. The SMILES string of the molecule is Cc1ccccc1NN(C)C(=O)[C@H](CN)NC(=O)[C@H](CCCN)NCc1cccnc1Sc1c(Cl)cc(C#CCOCc2ccccc2)cc1CNC=O. The quantitative estimate of drug-likeness (QED) is 0.0332. The van der Waals surface area contributed by atoms with Crippen LogP contribution in [-0.2, 0) is 38.8 Å². The maximum absolute atomic E-state index is 13.6. The van der Waals surface area contributed by atoms with Crippen LogP contribution in [0.2, 0.25) is 5.02 Å². The number of nitrogens with one attached hydrogen (secondary N) is 4. The van der Waals surface area contributed by atoms with Gasteiger partial charge in [-0.3, -0.25) is 24.8 Å². The molecule has 0 spiro atoms. The van der Waals surface area contributed by atoms with Gasteiger partial charge in [-0.25, -0.2) is 4.98 Å². The van der Waals surface area contributed by atoms with E-state index in [1.165, 1.54) is 16.8 Å². The van der Waals surface area contributed by atoms with Crippen molar-refractivity contribution in [1.29, 1.82) is 0 Å². The Balaban J connectivity index is 1.44. The monoisotopic (exact) mass is 770 g/mol. The molecule has 1 heterocycles. The zero-order valence-electron chi connectivity index (χ0n) is 30.4. The smallest absolute Gasteiger partial charge is 0.264 e. The lowest BCUT2D eigenvalue weighted by Gasteiger charge is -2.27. The highest BCUT2D eigenvalue weighted by Crippen LogP contribution is 2.37. The predicted molar refractivity (Wildman–Crippen MR) is 213 cm³/mol. The summed E-state index contributed by atoms with van der Waals surface area (Å²) in [4.78, 5) is 43.5. The molecule has 0 fully saturated rings. The summed E-state index contributed by atoms with van der Waals surface area (Å²) in [6.45, 7) is 3.43. The number of hydrogen-bond acceptors (Lipinski definition) is 10. The second-order valence-electron chi connectivity index (χ2n) is 12.3. The van der Waals surface area contributed by atoms with Crippen molar-refractivity contribution >= 4 is 47.3 Å². The summed E-state index contributed by atoms with van der Waals surface area (Å²) in [7, 11) is 1.59. The molecule has 0 radical (unpaired) electrons. The van der Waals surface area contributed by atoms with Crippen molar-refractivity contribution in [3.05, 3.63) is 118 Å². The van der Waals surface area contributed by atoms with Crippen LogP contribution in [0.3, 0.4) is 0 Å². The minimum atomic E-state index is -0.958. The highest BCUT2D eigenvalue weighted by Gasteiger charge is 2.27. The van der Waals surface area contributed by atoms with Crippen LogP contribution in [0.5, 0.6) is 0 Å². The molecular weight excluding hydrogens is 724 g/mol. The highest BCUT2D eigenvalue weighted by atomic mass is 35.5. The third-order valence-electron chi connectivity index (χ3n) is 8.23. The molecule has 4 rings (SSSR count). The fourth-order valence-corrected chi connectivity index (χ4v) is 6.69. The Hall–Kier alpha value is -4.94. The van der Waals surface area contributed by atoms with E-state index in [2.05, 4.69) is 38.2 Å². The van der Waals surface area contributed by atoms with Crippen molar-refractivity contribution in [3.8, 4) is 11.8 Å². The van der Waals surface area contributed by atoms with Gasteiger partial charge in [0.05, 0.1) is 23.4 Å². The van der Waals surface area contributed by atoms with Gasteiger partial charge in [-0.1, -0.05) is 89.8 Å². The number of halogens is 1. The number of nitrogens with two attached hydrogens (primary N) is 2. The number of carbonyl (C=O) groups is 3. The first kappa shape index (κ1) is 41.8.